The van der Waals surface area contributed by atoms with E-state index in [-0.39, 0.29) is 105 Å². The molecule has 5 saturated heterocycles. The van der Waals surface area contributed by atoms with Gasteiger partial charge in [0.2, 0.25) is 29.5 Å². The third kappa shape index (κ3) is 18.1. The molecule has 0 radical (unpaired) electrons. The van der Waals surface area contributed by atoms with Gasteiger partial charge in [-0.05, 0) is 247 Å². The first-order valence-corrected chi connectivity index (χ1v) is 49.9. The fourth-order valence-corrected chi connectivity index (χ4v) is 22.5. The lowest BCUT2D eigenvalue weighted by Crippen LogP contribution is -2.51. The fourth-order valence-electron chi connectivity index (χ4n) is 22.5. The van der Waals surface area contributed by atoms with Gasteiger partial charge in [-0.2, -0.15) is 15.3 Å². The summed E-state index contributed by atoms with van der Waals surface area (Å²) in [6, 6.07) is 51.1. The maximum atomic E-state index is 14.3. The third-order valence-electron chi connectivity index (χ3n) is 30.3. The normalized spacial score (nSPS) is 15.5. The molecule has 14 heterocycles. The molecule has 150 heavy (non-hydrogen) atoms. The second-order valence-electron chi connectivity index (χ2n) is 39.0. The van der Waals surface area contributed by atoms with Gasteiger partial charge in [-0.3, -0.25) is 106 Å². The Bertz CT molecular complexity index is 8820. The van der Waals surface area contributed by atoms with Crippen molar-refractivity contribution in [3.05, 3.63) is 333 Å². The van der Waals surface area contributed by atoms with Gasteiger partial charge >= 0.3 is 0 Å². The molecule has 6 aliphatic heterocycles. The van der Waals surface area contributed by atoms with Crippen LogP contribution in [0.25, 0.3) is 132 Å². The topological polar surface area (TPSA) is 381 Å². The third-order valence-corrected chi connectivity index (χ3v) is 30.3. The highest BCUT2D eigenvalue weighted by molar-refractivity contribution is 6.07. The van der Waals surface area contributed by atoms with Gasteiger partial charge in [0.25, 0.3) is 28.1 Å². The highest BCUT2D eigenvalue weighted by atomic mass is 19.1. The standard InChI is InChI=1S/C24H25N5O2.C24H21N3O3.C23H24N6O2.C22H22FN3O3.C22H21N5O2/c1-4-22(30)28-11-9-17(10-12-28)29-21-8-6-16(13-18(21)24(31)27(29)3)23-15(2)5-7-20-19(23)14-25-26-20;1-3-23(29)26-13-17(14-26)27-22-11-16(8-9-20(22)24(30)25(27)2)21-12-18(28)10-15-6-4-5-7-19(15)21;1-3-20(30)28-8-4-5-16(13-28)29-12-15-9-24-11-19(21(15)23(29)31)26-22-14(2)6-7-18-17(22)10-25-27-18;1-3-20(28)25-11-9-15(10-12-25)26-18-8-7-14(13-16(18)22(29)24(26)2)21-17(23)5-4-6-19(21)27;1-4-20(28)26-11-15(12-26)27-19-9-14(6-7-16(19)22(29)25(27)3)21-13(2)5-8-18-17(21)10-23-24-18/h4-8,13-14,17H,1,9-12H2,2-3H3,(H,25,26);3-12,17,28H,1,13-14H2,2H3;3,6-7,9-11,16,26H,1,4-5,8,12-13H2,2H3,(H,25,27);3-8,13,15,27H,1,9-12H2,2H3;4-10,15H,1,11-12H2,2-3H3,(H,23,24). The van der Waals surface area contributed by atoms with Crippen molar-refractivity contribution in [1.29, 1.82) is 0 Å². The molecule has 1 unspecified atom stereocenters. The monoisotopic (exact) mass is 2010 g/mol. The number of fused-ring (bicyclic) bond motifs is 9. The van der Waals surface area contributed by atoms with Gasteiger partial charge in [-0.1, -0.05) is 106 Å². The number of phenols is 2. The molecule has 6 aliphatic rings. The summed E-state index contributed by atoms with van der Waals surface area (Å²) in [7, 11) is 7.07. The summed E-state index contributed by atoms with van der Waals surface area (Å²) < 4.78 is 28.9. The summed E-state index contributed by atoms with van der Waals surface area (Å²) in [4.78, 5) is 140. The number of likely N-dealkylation sites (tertiary alicyclic amines) is 5. The Balaban J connectivity index is 0.000000113. The van der Waals surface area contributed by atoms with Crippen molar-refractivity contribution in [2.75, 3.05) is 70.8 Å². The summed E-state index contributed by atoms with van der Waals surface area (Å²) >= 11 is 0. The van der Waals surface area contributed by atoms with Crippen molar-refractivity contribution in [3.8, 4) is 56.0 Å². The molecule has 24 rings (SSSR count). The van der Waals surface area contributed by atoms with Gasteiger partial charge in [0, 0.05) is 128 Å². The largest absolute Gasteiger partial charge is 0.508 e. The van der Waals surface area contributed by atoms with E-state index in [0.29, 0.717) is 110 Å². The highest BCUT2D eigenvalue weighted by Gasteiger charge is 2.40. The number of rotatable bonds is 16. The van der Waals surface area contributed by atoms with Crippen molar-refractivity contribution in [2.24, 2.45) is 28.2 Å². The van der Waals surface area contributed by atoms with Gasteiger partial charge in [-0.15, -0.1) is 0 Å². The van der Waals surface area contributed by atoms with Crippen LogP contribution in [-0.2, 0) is 58.7 Å². The lowest BCUT2D eigenvalue weighted by atomic mass is 9.96. The minimum atomic E-state index is -0.542. The Hall–Kier alpha value is -18.1. The molecule has 0 aliphatic carbocycles. The Morgan fingerprint density at radius 1 is 0.387 bits per heavy atom. The predicted molar refractivity (Wildman–Crippen MR) is 580 cm³/mol. The van der Waals surface area contributed by atoms with E-state index in [1.54, 1.807) is 108 Å². The molecule has 18 aromatic rings. The summed E-state index contributed by atoms with van der Waals surface area (Å²) in [5.74, 6) is -0.893. The first kappa shape index (κ1) is 99.3. The number of halogens is 1. The number of aryl methyl sites for hydroxylation is 3. The van der Waals surface area contributed by atoms with E-state index in [1.807, 2.05) is 141 Å². The molecular formula is C115H113FN22O12. The lowest BCUT2D eigenvalue weighted by Gasteiger charge is -2.40. The molecule has 35 heteroatoms. The zero-order chi connectivity index (χ0) is 105. The Kier molecular flexibility index (Phi) is 27.0. The number of aromatic hydroxyl groups is 2. The molecule has 0 bridgehead atoms. The van der Waals surface area contributed by atoms with Crippen LogP contribution in [0.15, 0.2) is 277 Å². The SMILES string of the molecule is C=CC(=O)N1CC(n2c3cc(-c4c(C)ccc5[nH]ncc45)ccc3c(=O)n2C)C1.C=CC(=O)N1CC(n2c3cc(-c4cc(O)cc5ccccc45)ccc3c(=O)n2C)C1.C=CC(=O)N1CCC(n2c3ccc(-c4c(C)ccc5[nH]ncc45)cc3c(=O)n2C)CC1.C=CC(=O)N1CCC(n2c3ccc(-c4c(O)cccc4F)cc3c(=O)n2C)CC1.C=CC(=O)N1CCCC(N2Cc3cncc(Nc4c(C)ccc5[nH]ncc45)c3C2=O)C1. The van der Waals surface area contributed by atoms with Crippen LogP contribution >= 0.6 is 0 Å². The number of piperidine rings is 3. The van der Waals surface area contributed by atoms with Gasteiger partial charge in [0.15, 0.2) is 0 Å². The summed E-state index contributed by atoms with van der Waals surface area (Å²) in [5.41, 5.74) is 19.1. The Morgan fingerprint density at radius 2 is 0.820 bits per heavy atom. The van der Waals surface area contributed by atoms with Crippen LogP contribution in [0.1, 0.15) is 95.3 Å². The van der Waals surface area contributed by atoms with Crippen molar-refractivity contribution in [2.45, 2.75) is 96.1 Å². The number of aromatic amines is 3. The van der Waals surface area contributed by atoms with Crippen molar-refractivity contribution < 1.29 is 43.4 Å². The molecule has 6 N–H and O–H groups in total. The number of H-pyrrole nitrogens is 3. The van der Waals surface area contributed by atoms with E-state index in [1.165, 1.54) is 48.6 Å². The van der Waals surface area contributed by atoms with E-state index >= 15 is 0 Å². The first-order chi connectivity index (χ1) is 72.4. The average molecular weight is 2010 g/mol. The second kappa shape index (κ2) is 40.8. The van der Waals surface area contributed by atoms with Gasteiger partial charge in [0.1, 0.15) is 17.3 Å². The van der Waals surface area contributed by atoms with Gasteiger partial charge in [0.05, 0.1) is 138 Å². The van der Waals surface area contributed by atoms with Crippen LogP contribution in [0.5, 0.6) is 11.5 Å². The van der Waals surface area contributed by atoms with Gasteiger partial charge < -0.3 is 44.9 Å². The number of phenolic OH excluding ortho intramolecular Hbond substituents is 2. The smallest absolute Gasteiger partial charge is 0.274 e. The minimum absolute atomic E-state index is 0.00142. The molecule has 8 aromatic heterocycles. The Labute approximate surface area is 859 Å². The van der Waals surface area contributed by atoms with Crippen LogP contribution in [0.2, 0.25) is 0 Å². The molecule has 0 saturated carbocycles. The number of aromatic nitrogens is 15. The zero-order valence-electron chi connectivity index (χ0n) is 84.2. The van der Waals surface area contributed by atoms with E-state index in [0.717, 1.165) is 165 Å². The van der Waals surface area contributed by atoms with E-state index in [4.69, 9.17) is 0 Å². The Morgan fingerprint density at radius 3 is 1.33 bits per heavy atom. The number of hydrogen-bond acceptors (Lipinski definition) is 17. The molecule has 762 valence electrons. The number of carbonyl (C=O) groups excluding carboxylic acids is 6. The maximum absolute atomic E-state index is 14.3. The highest BCUT2D eigenvalue weighted by Crippen LogP contribution is 2.43. The van der Waals surface area contributed by atoms with E-state index in [2.05, 4.69) is 117 Å². The maximum Gasteiger partial charge on any atom is 0.274 e. The minimum Gasteiger partial charge on any atom is -0.508 e. The summed E-state index contributed by atoms with van der Waals surface area (Å²) in [5, 5.41) is 52.8. The molecule has 34 nitrogen and oxygen atoms in total. The molecular weight excluding hydrogens is 1900 g/mol. The van der Waals surface area contributed by atoms with Gasteiger partial charge in [-0.25, -0.2) is 4.39 Å². The zero-order valence-corrected chi connectivity index (χ0v) is 84.2. The lowest BCUT2D eigenvalue weighted by molar-refractivity contribution is -0.132. The van der Waals surface area contributed by atoms with E-state index < -0.39 is 5.82 Å². The molecule has 1 atom stereocenters. The van der Waals surface area contributed by atoms with Crippen LogP contribution in [0, 0.1) is 26.6 Å². The second-order valence-corrected chi connectivity index (χ2v) is 39.0. The van der Waals surface area contributed by atoms with Crippen molar-refractivity contribution >= 4 is 134 Å². The number of amides is 6. The first-order valence-electron chi connectivity index (χ1n) is 49.9. The van der Waals surface area contributed by atoms with Crippen LogP contribution in [0.3, 0.4) is 0 Å². The number of carbonyl (C=O) groups is 6. The predicted octanol–water partition coefficient (Wildman–Crippen LogP) is 16.1. The average Bonchev–Trinajstić information content (AvgIpc) is 1.59. The van der Waals surface area contributed by atoms with Crippen molar-refractivity contribution in [1.82, 2.24) is 102 Å². The van der Waals surface area contributed by atoms with Crippen molar-refractivity contribution in [3.63, 3.8) is 0 Å². The fraction of sp³-hybridized carbons (Fsp3) is 0.252. The number of nitrogens with zero attached hydrogens (tertiary/aromatic N) is 18. The number of nitrogens with one attached hydrogen (secondary N) is 4. The number of pyridine rings is 1. The summed E-state index contributed by atoms with van der Waals surface area (Å²) in [6.45, 7) is 30.5. The van der Waals surface area contributed by atoms with Crippen LogP contribution in [-0.4, -0.2) is 220 Å². The molecule has 10 aromatic carbocycles. The molecule has 5 fully saturated rings. The molecule has 0 spiro atoms. The summed E-state index contributed by atoms with van der Waals surface area (Å²) in [6.07, 6.45) is 20.4. The number of hydrogen-bond donors (Lipinski definition) is 6. The van der Waals surface area contributed by atoms with E-state index in [9.17, 15) is 62.5 Å². The van der Waals surface area contributed by atoms with Crippen LogP contribution < -0.4 is 27.6 Å². The number of benzene rings is 10. The number of anilines is 2. The van der Waals surface area contributed by atoms with Crippen LogP contribution in [0.4, 0.5) is 15.8 Å². The quantitative estimate of drug-likeness (QED) is 0.0489. The molecule has 6 amide bonds.